The van der Waals surface area contributed by atoms with E-state index in [1.54, 1.807) is 0 Å². The Morgan fingerprint density at radius 2 is 1.36 bits per heavy atom. The molecule has 5 rings (SSSR count). The van der Waals surface area contributed by atoms with E-state index in [9.17, 15) is 0 Å². The summed E-state index contributed by atoms with van der Waals surface area (Å²) in [6.45, 7) is 2.18. The molecule has 4 aromatic carbocycles. The van der Waals surface area contributed by atoms with E-state index in [0.717, 1.165) is 24.2 Å². The minimum atomic E-state index is 0.916. The summed E-state index contributed by atoms with van der Waals surface area (Å²) in [4.78, 5) is 0. The molecule has 5 aromatic rings. The molecule has 0 aliphatic heterocycles. The maximum atomic E-state index is 4.99. The van der Waals surface area contributed by atoms with Gasteiger partial charge in [-0.2, -0.15) is 5.10 Å². The van der Waals surface area contributed by atoms with Crippen molar-refractivity contribution in [1.82, 2.24) is 9.78 Å². The zero-order valence-electron chi connectivity index (χ0n) is 16.0. The first-order valence-corrected chi connectivity index (χ1v) is 9.86. The average molecular weight is 362 g/mol. The lowest BCUT2D eigenvalue weighted by molar-refractivity contribution is 0.864. The van der Waals surface area contributed by atoms with Gasteiger partial charge in [0.2, 0.25) is 0 Å². The van der Waals surface area contributed by atoms with Crippen molar-refractivity contribution in [2.75, 3.05) is 0 Å². The summed E-state index contributed by atoms with van der Waals surface area (Å²) in [5, 5.41) is 8.82. The van der Waals surface area contributed by atoms with Gasteiger partial charge in [-0.05, 0) is 47.6 Å². The normalized spacial score (nSPS) is 11.3. The fraction of sp³-hybridized carbons (Fsp3) is 0.115. The van der Waals surface area contributed by atoms with Gasteiger partial charge in [-0.25, -0.2) is 4.68 Å². The molecule has 0 amide bonds. The third-order valence-electron chi connectivity index (χ3n) is 5.42. The van der Waals surface area contributed by atoms with Crippen LogP contribution in [0.1, 0.15) is 23.7 Å². The van der Waals surface area contributed by atoms with Crippen molar-refractivity contribution in [1.29, 1.82) is 0 Å². The molecular formula is C26H22N2. The molecule has 0 N–H and O–H groups in total. The molecule has 0 aliphatic carbocycles. The van der Waals surface area contributed by atoms with Crippen LogP contribution in [0.3, 0.4) is 0 Å². The van der Waals surface area contributed by atoms with Gasteiger partial charge in [-0.15, -0.1) is 0 Å². The van der Waals surface area contributed by atoms with E-state index >= 15 is 0 Å². The van der Waals surface area contributed by atoms with Crippen molar-refractivity contribution < 1.29 is 0 Å². The third-order valence-corrected chi connectivity index (χ3v) is 5.42. The second-order valence-corrected chi connectivity index (χ2v) is 7.19. The largest absolute Gasteiger partial charge is 0.232 e. The van der Waals surface area contributed by atoms with Crippen LogP contribution in [-0.4, -0.2) is 9.78 Å². The van der Waals surface area contributed by atoms with Crippen LogP contribution in [0, 0.1) is 0 Å². The summed E-state index contributed by atoms with van der Waals surface area (Å²) in [7, 11) is 0. The van der Waals surface area contributed by atoms with E-state index in [0.29, 0.717) is 0 Å². The van der Waals surface area contributed by atoms with Gasteiger partial charge in [0, 0.05) is 10.8 Å². The molecule has 2 heteroatoms. The van der Waals surface area contributed by atoms with Gasteiger partial charge in [0.15, 0.2) is 0 Å². The van der Waals surface area contributed by atoms with Gasteiger partial charge in [0.25, 0.3) is 0 Å². The summed E-state index contributed by atoms with van der Waals surface area (Å²) in [5.74, 6) is 0. The number of rotatable bonds is 4. The summed E-state index contributed by atoms with van der Waals surface area (Å²) in [5.41, 5.74) is 6.15. The Morgan fingerprint density at radius 1 is 0.714 bits per heavy atom. The van der Waals surface area contributed by atoms with Crippen LogP contribution in [-0.2, 0) is 12.8 Å². The van der Waals surface area contributed by atoms with Crippen molar-refractivity contribution >= 4 is 21.7 Å². The Bertz CT molecular complexity index is 1250. The lowest BCUT2D eigenvalue weighted by atomic mass is 9.95. The van der Waals surface area contributed by atoms with Crippen molar-refractivity contribution in [2.45, 2.75) is 19.8 Å². The zero-order chi connectivity index (χ0) is 18.9. The third kappa shape index (κ3) is 2.78. The zero-order valence-corrected chi connectivity index (χ0v) is 16.0. The molecule has 0 spiro atoms. The molecule has 0 radical (unpaired) electrons. The fourth-order valence-corrected chi connectivity index (χ4v) is 4.09. The molecule has 1 heterocycles. The quantitative estimate of drug-likeness (QED) is 0.365. The van der Waals surface area contributed by atoms with Crippen LogP contribution in [0.2, 0.25) is 0 Å². The smallest absolute Gasteiger partial charge is 0.0822 e. The van der Waals surface area contributed by atoms with E-state index in [1.807, 2.05) is 6.07 Å². The van der Waals surface area contributed by atoms with Crippen LogP contribution in [0.5, 0.6) is 0 Å². The minimum absolute atomic E-state index is 0.916. The average Bonchev–Trinajstić information content (AvgIpc) is 3.14. The summed E-state index contributed by atoms with van der Waals surface area (Å²) in [6, 6.07) is 32.2. The van der Waals surface area contributed by atoms with Gasteiger partial charge in [0.1, 0.15) is 0 Å². The van der Waals surface area contributed by atoms with Crippen molar-refractivity contribution in [3.8, 4) is 5.69 Å². The number of benzene rings is 4. The lowest BCUT2D eigenvalue weighted by Crippen LogP contribution is -1.97. The highest BCUT2D eigenvalue weighted by molar-refractivity contribution is 6.08. The Hall–Kier alpha value is -3.39. The second-order valence-electron chi connectivity index (χ2n) is 7.19. The first kappa shape index (κ1) is 16.8. The molecule has 1 aromatic heterocycles. The van der Waals surface area contributed by atoms with Crippen LogP contribution in [0.25, 0.3) is 27.4 Å². The number of aromatic nitrogens is 2. The summed E-state index contributed by atoms with van der Waals surface area (Å²) in [6.07, 6.45) is 1.84. The Labute approximate surface area is 165 Å². The van der Waals surface area contributed by atoms with E-state index in [4.69, 9.17) is 5.10 Å². The predicted molar refractivity (Wildman–Crippen MR) is 117 cm³/mol. The SMILES string of the molecule is CCc1nn(-c2ccccc2)c2c1cc(Cc1ccccc1)c1ccccc12. The highest BCUT2D eigenvalue weighted by Crippen LogP contribution is 2.33. The van der Waals surface area contributed by atoms with Crippen LogP contribution in [0.4, 0.5) is 0 Å². The summed E-state index contributed by atoms with van der Waals surface area (Å²) >= 11 is 0. The van der Waals surface area contributed by atoms with Gasteiger partial charge >= 0.3 is 0 Å². The number of nitrogens with zero attached hydrogens (tertiary/aromatic N) is 2. The monoisotopic (exact) mass is 362 g/mol. The summed E-state index contributed by atoms with van der Waals surface area (Å²) < 4.78 is 2.11. The maximum absolute atomic E-state index is 4.99. The van der Waals surface area contributed by atoms with Crippen molar-refractivity contribution in [3.63, 3.8) is 0 Å². The Balaban J connectivity index is 1.82. The number of hydrogen-bond donors (Lipinski definition) is 0. The molecule has 0 saturated heterocycles. The van der Waals surface area contributed by atoms with E-state index in [-0.39, 0.29) is 0 Å². The van der Waals surface area contributed by atoms with Gasteiger partial charge in [0.05, 0.1) is 16.9 Å². The van der Waals surface area contributed by atoms with Crippen molar-refractivity contribution in [2.24, 2.45) is 0 Å². The predicted octanol–water partition coefficient (Wildman–Crippen LogP) is 6.33. The molecule has 0 bridgehead atoms. The second kappa shape index (κ2) is 6.97. The van der Waals surface area contributed by atoms with Crippen LogP contribution < -0.4 is 0 Å². The standard InChI is InChI=1S/C26H22N2/c1-2-25-24-18-20(17-19-11-5-3-6-12-19)22-15-9-10-16-23(22)26(24)28(27-25)21-13-7-4-8-14-21/h3-16,18H,2,17H2,1H3. The van der Waals surface area contributed by atoms with Gasteiger partial charge < -0.3 is 0 Å². The molecule has 0 unspecified atom stereocenters. The number of para-hydroxylation sites is 1. The highest BCUT2D eigenvalue weighted by Gasteiger charge is 2.16. The molecule has 0 saturated carbocycles. The van der Waals surface area contributed by atoms with E-state index in [1.165, 1.54) is 32.8 Å². The van der Waals surface area contributed by atoms with E-state index in [2.05, 4.69) is 96.5 Å². The molecule has 136 valence electrons. The highest BCUT2D eigenvalue weighted by atomic mass is 15.3. The molecule has 0 fully saturated rings. The number of aryl methyl sites for hydroxylation is 1. The molecule has 2 nitrogen and oxygen atoms in total. The fourth-order valence-electron chi connectivity index (χ4n) is 4.09. The van der Waals surface area contributed by atoms with Crippen molar-refractivity contribution in [3.05, 3.63) is 108 Å². The molecule has 0 atom stereocenters. The van der Waals surface area contributed by atoms with Crippen LogP contribution in [0.15, 0.2) is 91.0 Å². The lowest BCUT2D eigenvalue weighted by Gasteiger charge is -2.11. The molecule has 28 heavy (non-hydrogen) atoms. The Kier molecular flexibility index (Phi) is 4.17. The number of hydrogen-bond acceptors (Lipinski definition) is 1. The minimum Gasteiger partial charge on any atom is -0.232 e. The Morgan fingerprint density at radius 3 is 2.07 bits per heavy atom. The van der Waals surface area contributed by atoms with E-state index < -0.39 is 0 Å². The topological polar surface area (TPSA) is 17.8 Å². The maximum Gasteiger partial charge on any atom is 0.0822 e. The van der Waals surface area contributed by atoms with Gasteiger partial charge in [-0.3, -0.25) is 0 Å². The molecule has 0 aliphatic rings. The molecular weight excluding hydrogens is 340 g/mol. The van der Waals surface area contributed by atoms with Crippen LogP contribution >= 0.6 is 0 Å². The first-order valence-electron chi connectivity index (χ1n) is 9.86. The first-order chi connectivity index (χ1) is 13.8. The van der Waals surface area contributed by atoms with Gasteiger partial charge in [-0.1, -0.05) is 79.7 Å². The number of fused-ring (bicyclic) bond motifs is 3.